The fourth-order valence-corrected chi connectivity index (χ4v) is 3.10. The highest BCUT2D eigenvalue weighted by atomic mass is 79.9. The number of anilines is 1. The van der Waals surface area contributed by atoms with E-state index in [2.05, 4.69) is 21.2 Å². The zero-order valence-electron chi connectivity index (χ0n) is 12.2. The molecule has 2 aliphatic heterocycles. The Hall–Kier alpha value is -2.21. The Balaban J connectivity index is 1.59. The quantitative estimate of drug-likeness (QED) is 0.873. The van der Waals surface area contributed by atoms with E-state index >= 15 is 0 Å². The van der Waals surface area contributed by atoms with Crippen LogP contribution in [0.15, 0.2) is 34.8 Å². The summed E-state index contributed by atoms with van der Waals surface area (Å²) in [6, 6.07) is 9.07. The number of hydrogen-bond acceptors (Lipinski definition) is 4. The molecular formula is C17H14BrNO4. The van der Waals surface area contributed by atoms with Gasteiger partial charge in [-0.3, -0.25) is 4.79 Å². The molecule has 0 radical (unpaired) electrons. The van der Waals surface area contributed by atoms with Crippen LogP contribution < -0.4 is 19.5 Å². The summed E-state index contributed by atoms with van der Waals surface area (Å²) in [5, 5.41) is 2.91. The molecule has 5 nitrogen and oxygen atoms in total. The van der Waals surface area contributed by atoms with Crippen LogP contribution in [0.1, 0.15) is 15.9 Å². The van der Waals surface area contributed by atoms with Gasteiger partial charge in [0.15, 0.2) is 11.5 Å². The number of amides is 1. The van der Waals surface area contributed by atoms with Crippen LogP contribution in [0.2, 0.25) is 0 Å². The lowest BCUT2D eigenvalue weighted by molar-refractivity contribution is 0.102. The summed E-state index contributed by atoms with van der Waals surface area (Å²) in [5.41, 5.74) is 2.32. The van der Waals surface area contributed by atoms with Crippen LogP contribution in [-0.4, -0.2) is 25.7 Å². The molecule has 4 rings (SSSR count). The number of rotatable bonds is 2. The Bertz CT molecular complexity index is 790. The van der Waals surface area contributed by atoms with Gasteiger partial charge < -0.3 is 19.5 Å². The first kappa shape index (κ1) is 14.4. The molecule has 0 unspecified atom stereocenters. The highest BCUT2D eigenvalue weighted by molar-refractivity contribution is 9.10. The maximum absolute atomic E-state index is 12.5. The average Bonchev–Trinajstić information content (AvgIpc) is 3.03. The summed E-state index contributed by atoms with van der Waals surface area (Å²) in [5.74, 6) is 2.01. The van der Waals surface area contributed by atoms with E-state index in [4.69, 9.17) is 14.2 Å². The molecule has 0 aliphatic carbocycles. The Morgan fingerprint density at radius 1 is 0.957 bits per heavy atom. The second-order valence-corrected chi connectivity index (χ2v) is 6.21. The van der Waals surface area contributed by atoms with E-state index in [-0.39, 0.29) is 5.91 Å². The van der Waals surface area contributed by atoms with Gasteiger partial charge in [0, 0.05) is 28.6 Å². The number of ether oxygens (including phenoxy) is 3. The van der Waals surface area contributed by atoms with Gasteiger partial charge in [-0.05, 0) is 39.7 Å². The molecule has 2 aliphatic rings. The van der Waals surface area contributed by atoms with Crippen LogP contribution in [0.3, 0.4) is 0 Å². The topological polar surface area (TPSA) is 56.8 Å². The van der Waals surface area contributed by atoms with E-state index in [0.717, 1.165) is 22.2 Å². The lowest BCUT2D eigenvalue weighted by Gasteiger charge is -2.20. The lowest BCUT2D eigenvalue weighted by atomic mass is 10.1. The van der Waals surface area contributed by atoms with Crippen molar-refractivity contribution in [2.75, 3.05) is 25.1 Å². The fraction of sp³-hybridized carbons (Fsp3) is 0.235. The van der Waals surface area contributed by atoms with E-state index in [1.807, 2.05) is 12.1 Å². The predicted octanol–water partition coefficient (Wildman–Crippen LogP) is 3.41. The fourth-order valence-electron chi connectivity index (χ4n) is 2.68. The maximum Gasteiger partial charge on any atom is 0.255 e. The monoisotopic (exact) mass is 375 g/mol. The summed E-state index contributed by atoms with van der Waals surface area (Å²) < 4.78 is 17.3. The molecule has 1 amide bonds. The molecule has 0 atom stereocenters. The third kappa shape index (κ3) is 2.74. The molecule has 2 aromatic carbocycles. The molecule has 0 aromatic heterocycles. The van der Waals surface area contributed by atoms with Crippen molar-refractivity contribution in [3.63, 3.8) is 0 Å². The summed E-state index contributed by atoms with van der Waals surface area (Å²) in [6.07, 6.45) is 0.837. The number of carbonyl (C=O) groups is 1. The largest absolute Gasteiger partial charge is 0.493 e. The molecule has 1 N–H and O–H groups in total. The lowest BCUT2D eigenvalue weighted by Crippen LogP contribution is -2.17. The van der Waals surface area contributed by atoms with Crippen LogP contribution in [0.25, 0.3) is 0 Å². The molecule has 0 fully saturated rings. The van der Waals surface area contributed by atoms with Gasteiger partial charge in [0.05, 0.1) is 12.3 Å². The van der Waals surface area contributed by atoms with Crippen LogP contribution in [0, 0.1) is 0 Å². The molecule has 0 saturated heterocycles. The standard InChI is InChI=1S/C17H14BrNO4/c18-12-8-15-16(23-6-5-22-15)9-13(12)19-17(20)11-1-2-14-10(7-11)3-4-21-14/h1-2,7-9H,3-6H2,(H,19,20). The Morgan fingerprint density at radius 2 is 1.70 bits per heavy atom. The number of benzene rings is 2. The number of fused-ring (bicyclic) bond motifs is 2. The van der Waals surface area contributed by atoms with Crippen molar-refractivity contribution in [3.05, 3.63) is 45.9 Å². The predicted molar refractivity (Wildman–Crippen MR) is 88.7 cm³/mol. The second kappa shape index (κ2) is 5.77. The molecule has 6 heteroatoms. The van der Waals surface area contributed by atoms with E-state index in [1.165, 1.54) is 0 Å². The highest BCUT2D eigenvalue weighted by Crippen LogP contribution is 2.38. The first-order chi connectivity index (χ1) is 11.2. The van der Waals surface area contributed by atoms with Gasteiger partial charge in [-0.2, -0.15) is 0 Å². The van der Waals surface area contributed by atoms with Crippen molar-refractivity contribution in [1.29, 1.82) is 0 Å². The Morgan fingerprint density at radius 3 is 2.52 bits per heavy atom. The van der Waals surface area contributed by atoms with Gasteiger partial charge in [0.1, 0.15) is 19.0 Å². The van der Waals surface area contributed by atoms with E-state index in [1.54, 1.807) is 18.2 Å². The van der Waals surface area contributed by atoms with Gasteiger partial charge in [-0.1, -0.05) is 0 Å². The van der Waals surface area contributed by atoms with Gasteiger partial charge in [-0.25, -0.2) is 0 Å². The SMILES string of the molecule is O=C(Nc1cc2c(cc1Br)OCCO2)c1ccc2c(c1)CCO2. The van der Waals surface area contributed by atoms with Crippen molar-refractivity contribution >= 4 is 27.5 Å². The summed E-state index contributed by atoms with van der Waals surface area (Å²) in [4.78, 5) is 12.5. The maximum atomic E-state index is 12.5. The van der Waals surface area contributed by atoms with Crippen LogP contribution in [-0.2, 0) is 6.42 Å². The Labute approximate surface area is 141 Å². The molecule has 23 heavy (non-hydrogen) atoms. The molecule has 0 bridgehead atoms. The van der Waals surface area contributed by atoms with Gasteiger partial charge in [0.2, 0.25) is 0 Å². The van der Waals surface area contributed by atoms with Crippen molar-refractivity contribution in [2.45, 2.75) is 6.42 Å². The molecule has 2 heterocycles. The third-order valence-corrected chi connectivity index (χ3v) is 4.49. The molecular weight excluding hydrogens is 362 g/mol. The summed E-state index contributed by atoms with van der Waals surface area (Å²) >= 11 is 3.46. The Kier molecular flexibility index (Phi) is 3.61. The summed E-state index contributed by atoms with van der Waals surface area (Å²) in [6.45, 7) is 1.71. The van der Waals surface area contributed by atoms with E-state index in [0.29, 0.717) is 42.6 Å². The van der Waals surface area contributed by atoms with Crippen molar-refractivity contribution in [2.24, 2.45) is 0 Å². The van der Waals surface area contributed by atoms with Crippen molar-refractivity contribution in [3.8, 4) is 17.2 Å². The van der Waals surface area contributed by atoms with Crippen LogP contribution in [0.5, 0.6) is 17.2 Å². The first-order valence-electron chi connectivity index (χ1n) is 7.37. The average molecular weight is 376 g/mol. The van der Waals surface area contributed by atoms with Gasteiger partial charge in [0.25, 0.3) is 5.91 Å². The summed E-state index contributed by atoms with van der Waals surface area (Å²) in [7, 11) is 0. The van der Waals surface area contributed by atoms with Gasteiger partial charge in [-0.15, -0.1) is 0 Å². The number of carbonyl (C=O) groups excluding carboxylic acids is 1. The molecule has 2 aromatic rings. The third-order valence-electron chi connectivity index (χ3n) is 3.83. The minimum absolute atomic E-state index is 0.169. The normalized spacial score (nSPS) is 14.8. The van der Waals surface area contributed by atoms with Crippen molar-refractivity contribution in [1.82, 2.24) is 0 Å². The smallest absolute Gasteiger partial charge is 0.255 e. The van der Waals surface area contributed by atoms with Gasteiger partial charge >= 0.3 is 0 Å². The first-order valence-corrected chi connectivity index (χ1v) is 8.16. The van der Waals surface area contributed by atoms with E-state index < -0.39 is 0 Å². The minimum Gasteiger partial charge on any atom is -0.493 e. The molecule has 0 saturated carbocycles. The van der Waals surface area contributed by atoms with Crippen molar-refractivity contribution < 1.29 is 19.0 Å². The van der Waals surface area contributed by atoms with Crippen LogP contribution in [0.4, 0.5) is 5.69 Å². The van der Waals surface area contributed by atoms with E-state index in [9.17, 15) is 4.79 Å². The highest BCUT2D eigenvalue weighted by Gasteiger charge is 2.18. The minimum atomic E-state index is -0.169. The number of hydrogen-bond donors (Lipinski definition) is 1. The zero-order valence-corrected chi connectivity index (χ0v) is 13.8. The number of halogens is 1. The zero-order chi connectivity index (χ0) is 15.8. The van der Waals surface area contributed by atoms with Crippen LogP contribution >= 0.6 is 15.9 Å². The molecule has 0 spiro atoms. The molecule has 118 valence electrons. The number of nitrogens with one attached hydrogen (secondary N) is 1. The second-order valence-electron chi connectivity index (χ2n) is 5.35.